The molecule has 21 heavy (non-hydrogen) atoms. The van der Waals surface area contributed by atoms with Gasteiger partial charge in [0.1, 0.15) is 0 Å². The van der Waals surface area contributed by atoms with Crippen molar-refractivity contribution < 1.29 is 14.7 Å². The second-order valence-electron chi connectivity index (χ2n) is 5.27. The number of carboxylic acids is 1. The average Bonchev–Trinajstić information content (AvgIpc) is 2.43. The zero-order chi connectivity index (χ0) is 15.8. The van der Waals surface area contributed by atoms with Gasteiger partial charge >= 0.3 is 5.97 Å². The van der Waals surface area contributed by atoms with Gasteiger partial charge in [-0.2, -0.15) is 0 Å². The van der Waals surface area contributed by atoms with Gasteiger partial charge in [-0.1, -0.05) is 36.8 Å². The molecule has 1 aromatic carbocycles. The first-order chi connectivity index (χ1) is 9.92. The predicted molar refractivity (Wildman–Crippen MR) is 82.0 cm³/mol. The van der Waals surface area contributed by atoms with Gasteiger partial charge in [-0.05, 0) is 26.0 Å². The first kappa shape index (κ1) is 17.2. The molecule has 0 saturated heterocycles. The van der Waals surface area contributed by atoms with Gasteiger partial charge in [0.2, 0.25) is 5.91 Å². The van der Waals surface area contributed by atoms with Gasteiger partial charge in [-0.25, -0.2) is 0 Å². The number of nitrogens with zero attached hydrogens (tertiary/aromatic N) is 1. The van der Waals surface area contributed by atoms with Crippen LogP contribution < -0.4 is 5.32 Å². The molecule has 0 spiro atoms. The minimum absolute atomic E-state index is 0.0408. The van der Waals surface area contributed by atoms with E-state index in [1.807, 2.05) is 49.9 Å². The van der Waals surface area contributed by atoms with Crippen LogP contribution in [0.2, 0.25) is 0 Å². The van der Waals surface area contributed by atoms with Gasteiger partial charge in [0.25, 0.3) is 0 Å². The highest BCUT2D eigenvalue weighted by atomic mass is 16.4. The number of hydrogen-bond acceptors (Lipinski definition) is 3. The monoisotopic (exact) mass is 292 g/mol. The third kappa shape index (κ3) is 6.40. The lowest BCUT2D eigenvalue weighted by Crippen LogP contribution is -2.42. The number of hydrogen-bond donors (Lipinski definition) is 2. The number of aliphatic carboxylic acids is 1. The maximum absolute atomic E-state index is 11.9. The van der Waals surface area contributed by atoms with Gasteiger partial charge in [0.05, 0.1) is 13.0 Å². The summed E-state index contributed by atoms with van der Waals surface area (Å²) in [6.45, 7) is 7.12. The zero-order valence-corrected chi connectivity index (χ0v) is 12.9. The summed E-state index contributed by atoms with van der Waals surface area (Å²) in [7, 11) is 0. The first-order valence-electron chi connectivity index (χ1n) is 7.20. The third-order valence-corrected chi connectivity index (χ3v) is 3.46. The normalized spacial score (nSPS) is 12.2. The van der Waals surface area contributed by atoms with Crippen LogP contribution in [0.5, 0.6) is 0 Å². The van der Waals surface area contributed by atoms with Crippen LogP contribution in [0.3, 0.4) is 0 Å². The van der Waals surface area contributed by atoms with Crippen LogP contribution in [0.1, 0.15) is 31.4 Å². The summed E-state index contributed by atoms with van der Waals surface area (Å²) < 4.78 is 0. The van der Waals surface area contributed by atoms with Crippen molar-refractivity contribution in [1.82, 2.24) is 10.2 Å². The van der Waals surface area contributed by atoms with Crippen LogP contribution in [0.15, 0.2) is 24.3 Å². The van der Waals surface area contributed by atoms with Gasteiger partial charge in [0.15, 0.2) is 0 Å². The maximum atomic E-state index is 11.9. The Balaban J connectivity index is 2.43. The molecule has 2 N–H and O–H groups in total. The Morgan fingerprint density at radius 2 is 1.90 bits per heavy atom. The minimum atomic E-state index is -0.846. The minimum Gasteiger partial charge on any atom is -0.481 e. The van der Waals surface area contributed by atoms with Crippen molar-refractivity contribution in [1.29, 1.82) is 0 Å². The molecule has 0 aliphatic rings. The quantitative estimate of drug-likeness (QED) is 0.766. The fourth-order valence-electron chi connectivity index (χ4n) is 2.11. The van der Waals surface area contributed by atoms with E-state index in [1.165, 1.54) is 5.56 Å². The van der Waals surface area contributed by atoms with Gasteiger partial charge < -0.3 is 10.4 Å². The van der Waals surface area contributed by atoms with E-state index >= 15 is 0 Å². The van der Waals surface area contributed by atoms with E-state index in [0.717, 1.165) is 5.56 Å². The summed E-state index contributed by atoms with van der Waals surface area (Å²) in [5.74, 6) is -0.935. The van der Waals surface area contributed by atoms with Crippen molar-refractivity contribution in [2.45, 2.75) is 39.8 Å². The average molecular weight is 292 g/mol. The largest absolute Gasteiger partial charge is 0.481 e. The maximum Gasteiger partial charge on any atom is 0.304 e. The van der Waals surface area contributed by atoms with Crippen LogP contribution in [-0.4, -0.2) is 41.0 Å². The van der Waals surface area contributed by atoms with Crippen LogP contribution in [0.25, 0.3) is 0 Å². The highest BCUT2D eigenvalue weighted by Crippen LogP contribution is 2.04. The molecule has 0 heterocycles. The second kappa shape index (κ2) is 8.42. The van der Waals surface area contributed by atoms with Crippen LogP contribution in [0.4, 0.5) is 0 Å². The molecule has 0 radical (unpaired) electrons. The van der Waals surface area contributed by atoms with E-state index < -0.39 is 5.97 Å². The number of benzene rings is 1. The summed E-state index contributed by atoms with van der Waals surface area (Å²) in [4.78, 5) is 24.5. The molecule has 0 aliphatic carbocycles. The highest BCUT2D eigenvalue weighted by Gasteiger charge is 2.17. The number of carbonyl (C=O) groups is 2. The molecule has 0 aliphatic heterocycles. The standard InChI is InChI=1S/C16H24N2O3/c1-4-18(13(3)9-16(20)21)11-15(19)17-10-14-7-5-12(2)6-8-14/h5-8,13H,4,9-11H2,1-3H3,(H,17,19)(H,20,21). The smallest absolute Gasteiger partial charge is 0.304 e. The summed E-state index contributed by atoms with van der Waals surface area (Å²) in [6, 6.07) is 7.84. The number of carboxylic acid groups (broad SMARTS) is 1. The third-order valence-electron chi connectivity index (χ3n) is 3.46. The van der Waals surface area contributed by atoms with Gasteiger partial charge in [-0.3, -0.25) is 14.5 Å². The van der Waals surface area contributed by atoms with Gasteiger partial charge in [0, 0.05) is 12.6 Å². The predicted octanol–water partition coefficient (Wildman–Crippen LogP) is 1.80. The molecule has 5 nitrogen and oxygen atoms in total. The van der Waals surface area contributed by atoms with Crippen molar-refractivity contribution in [2.75, 3.05) is 13.1 Å². The Morgan fingerprint density at radius 1 is 1.29 bits per heavy atom. The molecule has 0 bridgehead atoms. The van der Waals surface area contributed by atoms with Crippen molar-refractivity contribution in [3.05, 3.63) is 35.4 Å². The summed E-state index contributed by atoms with van der Waals surface area (Å²) >= 11 is 0. The Bertz CT molecular complexity index is 471. The summed E-state index contributed by atoms with van der Waals surface area (Å²) in [5.41, 5.74) is 2.24. The topological polar surface area (TPSA) is 69.6 Å². The Hall–Kier alpha value is -1.88. The molecular weight excluding hydrogens is 268 g/mol. The Morgan fingerprint density at radius 3 is 2.43 bits per heavy atom. The van der Waals surface area contributed by atoms with Crippen molar-refractivity contribution in [2.24, 2.45) is 0 Å². The van der Waals surface area contributed by atoms with E-state index in [-0.39, 0.29) is 24.9 Å². The molecule has 5 heteroatoms. The summed E-state index contributed by atoms with van der Waals surface area (Å²) in [6.07, 6.45) is 0.0408. The molecule has 116 valence electrons. The second-order valence-corrected chi connectivity index (χ2v) is 5.27. The molecule has 1 aromatic rings. The Labute approximate surface area is 126 Å². The molecule has 0 fully saturated rings. The van der Waals surface area contributed by atoms with Crippen LogP contribution in [-0.2, 0) is 16.1 Å². The fourth-order valence-corrected chi connectivity index (χ4v) is 2.11. The lowest BCUT2D eigenvalue weighted by molar-refractivity contribution is -0.138. The Kier molecular flexibility index (Phi) is 6.88. The number of rotatable bonds is 8. The van der Waals surface area contributed by atoms with Gasteiger partial charge in [-0.15, -0.1) is 0 Å². The number of carbonyl (C=O) groups excluding carboxylic acids is 1. The van der Waals surface area contributed by atoms with Crippen molar-refractivity contribution in [3.63, 3.8) is 0 Å². The number of aryl methyl sites for hydroxylation is 1. The zero-order valence-electron chi connectivity index (χ0n) is 12.9. The number of likely N-dealkylation sites (N-methyl/N-ethyl adjacent to an activating group) is 1. The molecule has 1 atom stereocenters. The van der Waals surface area contributed by atoms with E-state index in [4.69, 9.17) is 5.11 Å². The van der Waals surface area contributed by atoms with Crippen molar-refractivity contribution >= 4 is 11.9 Å². The van der Waals surface area contributed by atoms with E-state index in [9.17, 15) is 9.59 Å². The number of nitrogens with one attached hydrogen (secondary N) is 1. The molecule has 1 unspecified atom stereocenters. The van der Waals surface area contributed by atoms with Crippen LogP contribution >= 0.6 is 0 Å². The summed E-state index contributed by atoms with van der Waals surface area (Å²) in [5, 5.41) is 11.7. The highest BCUT2D eigenvalue weighted by molar-refractivity contribution is 5.78. The number of amides is 1. The van der Waals surface area contributed by atoms with E-state index in [0.29, 0.717) is 13.1 Å². The fraction of sp³-hybridized carbons (Fsp3) is 0.500. The molecule has 0 aromatic heterocycles. The van der Waals surface area contributed by atoms with Crippen molar-refractivity contribution in [3.8, 4) is 0 Å². The SMILES string of the molecule is CCN(CC(=O)NCc1ccc(C)cc1)C(C)CC(=O)O. The molecule has 1 amide bonds. The van der Waals surface area contributed by atoms with E-state index in [1.54, 1.807) is 0 Å². The molecular formula is C16H24N2O3. The lowest BCUT2D eigenvalue weighted by Gasteiger charge is -2.25. The van der Waals surface area contributed by atoms with E-state index in [2.05, 4.69) is 5.32 Å². The van der Waals surface area contributed by atoms with Crippen LogP contribution in [0, 0.1) is 6.92 Å². The molecule has 0 saturated carbocycles. The molecule has 1 rings (SSSR count). The lowest BCUT2D eigenvalue weighted by atomic mass is 10.1. The first-order valence-corrected chi connectivity index (χ1v) is 7.20.